The van der Waals surface area contributed by atoms with Crippen LogP contribution in [0.1, 0.15) is 5.76 Å². The molecule has 0 aliphatic carbocycles. The van der Waals surface area contributed by atoms with Crippen molar-refractivity contribution in [2.75, 3.05) is 5.32 Å². The molecule has 15 heavy (non-hydrogen) atoms. The second-order valence-corrected chi connectivity index (χ2v) is 3.12. The van der Waals surface area contributed by atoms with Gasteiger partial charge in [0, 0.05) is 19.4 Å². The molecule has 5 heteroatoms. The first-order chi connectivity index (χ1) is 7.27. The van der Waals surface area contributed by atoms with E-state index in [9.17, 15) is 4.79 Å². The highest BCUT2D eigenvalue weighted by molar-refractivity contribution is 5.31. The molecule has 0 unspecified atom stereocenters. The van der Waals surface area contributed by atoms with Crippen molar-refractivity contribution >= 4 is 5.82 Å². The van der Waals surface area contributed by atoms with Crippen molar-refractivity contribution in [3.8, 4) is 0 Å². The highest BCUT2D eigenvalue weighted by Gasteiger charge is 2.02. The summed E-state index contributed by atoms with van der Waals surface area (Å²) >= 11 is 0. The number of hydrogen-bond acceptors (Lipinski definition) is 4. The van der Waals surface area contributed by atoms with Gasteiger partial charge in [0.05, 0.1) is 12.8 Å². The molecule has 0 amide bonds. The number of furan rings is 1. The second kappa shape index (κ2) is 4.00. The van der Waals surface area contributed by atoms with Gasteiger partial charge in [0.2, 0.25) is 0 Å². The summed E-state index contributed by atoms with van der Waals surface area (Å²) in [4.78, 5) is 15.5. The SMILES string of the molecule is Cn1ccnc(NCc2ccco2)c1=O. The maximum atomic E-state index is 11.5. The van der Waals surface area contributed by atoms with Crippen LogP contribution >= 0.6 is 0 Å². The lowest BCUT2D eigenvalue weighted by Gasteiger charge is -2.03. The molecule has 0 atom stereocenters. The summed E-state index contributed by atoms with van der Waals surface area (Å²) in [5.41, 5.74) is -0.149. The van der Waals surface area contributed by atoms with Crippen molar-refractivity contribution in [2.45, 2.75) is 6.54 Å². The Balaban J connectivity index is 2.12. The monoisotopic (exact) mass is 205 g/mol. The van der Waals surface area contributed by atoms with E-state index in [1.165, 1.54) is 4.57 Å². The fourth-order valence-corrected chi connectivity index (χ4v) is 1.20. The van der Waals surface area contributed by atoms with Crippen molar-refractivity contribution in [1.82, 2.24) is 9.55 Å². The Morgan fingerprint density at radius 1 is 1.60 bits per heavy atom. The maximum absolute atomic E-state index is 11.5. The van der Waals surface area contributed by atoms with Crippen LogP contribution in [0.15, 0.2) is 40.0 Å². The summed E-state index contributed by atoms with van der Waals surface area (Å²) in [7, 11) is 1.68. The maximum Gasteiger partial charge on any atom is 0.293 e. The lowest BCUT2D eigenvalue weighted by atomic mass is 10.4. The lowest BCUT2D eigenvalue weighted by molar-refractivity contribution is 0.517. The lowest BCUT2D eigenvalue weighted by Crippen LogP contribution is -2.21. The quantitative estimate of drug-likeness (QED) is 0.811. The summed E-state index contributed by atoms with van der Waals surface area (Å²) in [6.45, 7) is 0.458. The van der Waals surface area contributed by atoms with E-state index in [0.717, 1.165) is 5.76 Å². The molecule has 78 valence electrons. The third kappa shape index (κ3) is 2.07. The summed E-state index contributed by atoms with van der Waals surface area (Å²) in [6.07, 6.45) is 4.78. The van der Waals surface area contributed by atoms with Gasteiger partial charge in [-0.1, -0.05) is 0 Å². The van der Waals surface area contributed by atoms with E-state index in [2.05, 4.69) is 10.3 Å². The van der Waals surface area contributed by atoms with Crippen molar-refractivity contribution in [2.24, 2.45) is 7.05 Å². The molecular formula is C10H11N3O2. The molecule has 0 bridgehead atoms. The van der Waals surface area contributed by atoms with Gasteiger partial charge >= 0.3 is 0 Å². The molecule has 2 rings (SSSR count). The standard InChI is InChI=1S/C10H11N3O2/c1-13-5-4-11-9(10(13)14)12-7-8-3-2-6-15-8/h2-6H,7H2,1H3,(H,11,12). The molecule has 0 saturated carbocycles. The van der Waals surface area contributed by atoms with E-state index in [4.69, 9.17) is 4.42 Å². The molecule has 5 nitrogen and oxygen atoms in total. The van der Waals surface area contributed by atoms with Crippen LogP contribution < -0.4 is 10.9 Å². The van der Waals surface area contributed by atoms with Gasteiger partial charge in [-0.3, -0.25) is 4.79 Å². The molecule has 0 aromatic carbocycles. The number of nitrogens with one attached hydrogen (secondary N) is 1. The van der Waals surface area contributed by atoms with Crippen LogP contribution in [0.2, 0.25) is 0 Å². The third-order valence-corrected chi connectivity index (χ3v) is 2.03. The Labute approximate surface area is 86.4 Å². The molecule has 2 aromatic heterocycles. The second-order valence-electron chi connectivity index (χ2n) is 3.12. The third-order valence-electron chi connectivity index (χ3n) is 2.03. The summed E-state index contributed by atoms with van der Waals surface area (Å²) in [5.74, 6) is 1.10. The van der Waals surface area contributed by atoms with Gasteiger partial charge in [-0.05, 0) is 12.1 Å². The Morgan fingerprint density at radius 2 is 2.47 bits per heavy atom. The van der Waals surface area contributed by atoms with E-state index in [1.54, 1.807) is 31.8 Å². The predicted molar refractivity (Wildman–Crippen MR) is 55.5 cm³/mol. The van der Waals surface area contributed by atoms with Gasteiger partial charge in [-0.2, -0.15) is 0 Å². The summed E-state index contributed by atoms with van der Waals surface area (Å²) in [6, 6.07) is 3.63. The van der Waals surface area contributed by atoms with Crippen molar-refractivity contribution in [3.63, 3.8) is 0 Å². The highest BCUT2D eigenvalue weighted by atomic mass is 16.3. The number of nitrogens with zero attached hydrogens (tertiary/aromatic N) is 2. The Bertz CT molecular complexity index is 488. The van der Waals surface area contributed by atoms with Crippen LogP contribution in [-0.2, 0) is 13.6 Å². The molecule has 1 N–H and O–H groups in total. The average Bonchev–Trinajstić information content (AvgIpc) is 2.73. The number of anilines is 1. The minimum atomic E-state index is -0.149. The van der Waals surface area contributed by atoms with Crippen molar-refractivity contribution in [1.29, 1.82) is 0 Å². The van der Waals surface area contributed by atoms with Crippen LogP contribution in [0.5, 0.6) is 0 Å². The number of aryl methyl sites for hydroxylation is 1. The van der Waals surface area contributed by atoms with Gasteiger partial charge < -0.3 is 14.3 Å². The first-order valence-electron chi connectivity index (χ1n) is 4.55. The van der Waals surface area contributed by atoms with E-state index in [1.807, 2.05) is 6.07 Å². The van der Waals surface area contributed by atoms with Crippen LogP contribution in [0.25, 0.3) is 0 Å². The minimum Gasteiger partial charge on any atom is -0.467 e. The van der Waals surface area contributed by atoms with Crippen LogP contribution in [0.3, 0.4) is 0 Å². The molecule has 0 aliphatic heterocycles. The van der Waals surface area contributed by atoms with Gasteiger partial charge in [0.15, 0.2) is 5.82 Å². The number of rotatable bonds is 3. The molecule has 2 aromatic rings. The molecule has 0 fully saturated rings. The summed E-state index contributed by atoms with van der Waals surface area (Å²) in [5, 5.41) is 2.92. The highest BCUT2D eigenvalue weighted by Crippen LogP contribution is 2.02. The first kappa shape index (κ1) is 9.51. The van der Waals surface area contributed by atoms with E-state index < -0.39 is 0 Å². The van der Waals surface area contributed by atoms with E-state index >= 15 is 0 Å². The van der Waals surface area contributed by atoms with Crippen molar-refractivity contribution in [3.05, 3.63) is 46.9 Å². The van der Waals surface area contributed by atoms with E-state index in [0.29, 0.717) is 12.4 Å². The van der Waals surface area contributed by atoms with E-state index in [-0.39, 0.29) is 5.56 Å². The topological polar surface area (TPSA) is 60.1 Å². The molecule has 0 aliphatic rings. The number of aromatic nitrogens is 2. The molecule has 0 saturated heterocycles. The van der Waals surface area contributed by atoms with Crippen LogP contribution in [0, 0.1) is 0 Å². The zero-order valence-corrected chi connectivity index (χ0v) is 8.30. The Hall–Kier alpha value is -2.04. The molecule has 2 heterocycles. The minimum absolute atomic E-state index is 0.149. The fraction of sp³-hybridized carbons (Fsp3) is 0.200. The zero-order chi connectivity index (χ0) is 10.7. The van der Waals surface area contributed by atoms with Crippen molar-refractivity contribution < 1.29 is 4.42 Å². The normalized spacial score (nSPS) is 10.2. The Kier molecular flexibility index (Phi) is 2.53. The van der Waals surface area contributed by atoms with Gasteiger partial charge in [-0.15, -0.1) is 0 Å². The fourth-order valence-electron chi connectivity index (χ4n) is 1.20. The smallest absolute Gasteiger partial charge is 0.293 e. The van der Waals surface area contributed by atoms with Gasteiger partial charge in [0.25, 0.3) is 5.56 Å². The van der Waals surface area contributed by atoms with Gasteiger partial charge in [0.1, 0.15) is 5.76 Å². The first-order valence-corrected chi connectivity index (χ1v) is 4.55. The molecule has 0 radical (unpaired) electrons. The molecular weight excluding hydrogens is 194 g/mol. The largest absolute Gasteiger partial charge is 0.467 e. The van der Waals surface area contributed by atoms with Crippen LogP contribution in [0.4, 0.5) is 5.82 Å². The number of hydrogen-bond donors (Lipinski definition) is 1. The molecule has 0 spiro atoms. The van der Waals surface area contributed by atoms with Gasteiger partial charge in [-0.25, -0.2) is 4.98 Å². The Morgan fingerprint density at radius 3 is 3.20 bits per heavy atom. The zero-order valence-electron chi connectivity index (χ0n) is 8.30. The van der Waals surface area contributed by atoms with Crippen LogP contribution in [-0.4, -0.2) is 9.55 Å². The summed E-state index contributed by atoms with van der Waals surface area (Å²) < 4.78 is 6.60. The average molecular weight is 205 g/mol. The predicted octanol–water partition coefficient (Wildman–Crippen LogP) is 0.985.